The van der Waals surface area contributed by atoms with Crippen molar-refractivity contribution >= 4 is 11.6 Å². The van der Waals surface area contributed by atoms with Crippen LogP contribution in [0.15, 0.2) is 0 Å². The molecule has 0 amide bonds. The van der Waals surface area contributed by atoms with Gasteiger partial charge in [0.1, 0.15) is 11.6 Å². The van der Waals surface area contributed by atoms with Gasteiger partial charge < -0.3 is 4.74 Å². The van der Waals surface area contributed by atoms with Crippen LogP contribution in [-0.4, -0.2) is 23.8 Å². The van der Waals surface area contributed by atoms with Crippen LogP contribution in [0.25, 0.3) is 0 Å². The molecule has 0 aliphatic rings. The lowest BCUT2D eigenvalue weighted by Crippen LogP contribution is -2.32. The SMILES string of the molecule is CC(=O)C(C)(C)CCOC(C)(C)CC(=O)C(C)C. The molecule has 0 bridgehead atoms. The van der Waals surface area contributed by atoms with Gasteiger partial charge in [0.2, 0.25) is 0 Å². The quantitative estimate of drug-likeness (QED) is 0.668. The van der Waals surface area contributed by atoms with Gasteiger partial charge in [0, 0.05) is 24.4 Å². The fraction of sp³-hybridized carbons (Fsp3) is 0.867. The second-order valence-electron chi connectivity index (χ2n) is 6.60. The molecule has 0 atom stereocenters. The first-order valence-corrected chi connectivity index (χ1v) is 6.66. The number of hydrogen-bond donors (Lipinski definition) is 0. The zero-order valence-corrected chi connectivity index (χ0v) is 12.9. The van der Waals surface area contributed by atoms with Crippen LogP contribution >= 0.6 is 0 Å². The Morgan fingerprint density at radius 1 is 1.11 bits per heavy atom. The lowest BCUT2D eigenvalue weighted by molar-refractivity contribution is -0.131. The zero-order chi connectivity index (χ0) is 14.6. The summed E-state index contributed by atoms with van der Waals surface area (Å²) in [6.07, 6.45) is 1.10. The van der Waals surface area contributed by atoms with Crippen molar-refractivity contribution in [1.29, 1.82) is 0 Å². The summed E-state index contributed by atoms with van der Waals surface area (Å²) in [5, 5.41) is 0. The Bertz CT molecular complexity index is 301. The van der Waals surface area contributed by atoms with Crippen molar-refractivity contribution in [1.82, 2.24) is 0 Å². The van der Waals surface area contributed by atoms with Crippen LogP contribution in [0, 0.1) is 11.3 Å². The van der Waals surface area contributed by atoms with E-state index in [0.717, 1.165) is 0 Å². The Hall–Kier alpha value is -0.700. The van der Waals surface area contributed by atoms with E-state index in [4.69, 9.17) is 4.74 Å². The number of carbonyl (C=O) groups is 2. The molecule has 0 spiro atoms. The Kier molecular flexibility index (Phi) is 6.21. The molecule has 0 fully saturated rings. The van der Waals surface area contributed by atoms with Crippen LogP contribution in [0.2, 0.25) is 0 Å². The molecule has 0 aliphatic heterocycles. The van der Waals surface area contributed by atoms with Crippen LogP contribution in [0.1, 0.15) is 61.3 Å². The lowest BCUT2D eigenvalue weighted by atomic mass is 9.85. The first-order valence-electron chi connectivity index (χ1n) is 6.66. The molecule has 0 saturated heterocycles. The minimum absolute atomic E-state index is 0.0431. The molecule has 0 N–H and O–H groups in total. The highest BCUT2D eigenvalue weighted by atomic mass is 16.5. The molecule has 106 valence electrons. The molecule has 0 rings (SSSR count). The van der Waals surface area contributed by atoms with Gasteiger partial charge >= 0.3 is 0 Å². The molecule has 0 radical (unpaired) electrons. The smallest absolute Gasteiger partial charge is 0.138 e. The maximum atomic E-state index is 11.7. The van der Waals surface area contributed by atoms with Crippen molar-refractivity contribution in [3.63, 3.8) is 0 Å². The van der Waals surface area contributed by atoms with Crippen molar-refractivity contribution in [3.05, 3.63) is 0 Å². The molecular weight excluding hydrogens is 228 g/mol. The lowest BCUT2D eigenvalue weighted by Gasteiger charge is -2.28. The Balaban J connectivity index is 4.20. The minimum atomic E-state index is -0.450. The molecule has 0 aliphatic carbocycles. The molecule has 0 unspecified atom stereocenters. The largest absolute Gasteiger partial charge is 0.375 e. The third-order valence-corrected chi connectivity index (χ3v) is 3.42. The number of rotatable bonds is 8. The zero-order valence-electron chi connectivity index (χ0n) is 12.9. The van der Waals surface area contributed by atoms with E-state index in [-0.39, 0.29) is 22.9 Å². The minimum Gasteiger partial charge on any atom is -0.375 e. The molecule has 0 saturated carbocycles. The average Bonchev–Trinajstić information content (AvgIpc) is 2.15. The number of Topliss-reactive ketones (excluding diaryl/α,β-unsaturated/α-hetero) is 2. The van der Waals surface area contributed by atoms with Crippen molar-refractivity contribution in [2.24, 2.45) is 11.3 Å². The molecule has 18 heavy (non-hydrogen) atoms. The topological polar surface area (TPSA) is 43.4 Å². The van der Waals surface area contributed by atoms with Crippen LogP contribution in [0.4, 0.5) is 0 Å². The van der Waals surface area contributed by atoms with E-state index in [9.17, 15) is 9.59 Å². The number of hydrogen-bond acceptors (Lipinski definition) is 3. The summed E-state index contributed by atoms with van der Waals surface area (Å²) in [6, 6.07) is 0. The van der Waals surface area contributed by atoms with Crippen molar-refractivity contribution in [2.75, 3.05) is 6.61 Å². The van der Waals surface area contributed by atoms with E-state index in [2.05, 4.69) is 0 Å². The van der Waals surface area contributed by atoms with Gasteiger partial charge in [0.15, 0.2) is 0 Å². The summed E-state index contributed by atoms with van der Waals surface area (Å²) in [5.41, 5.74) is -0.799. The van der Waals surface area contributed by atoms with Crippen LogP contribution in [0.5, 0.6) is 0 Å². The monoisotopic (exact) mass is 256 g/mol. The van der Waals surface area contributed by atoms with Gasteiger partial charge in [0.25, 0.3) is 0 Å². The fourth-order valence-electron chi connectivity index (χ4n) is 1.43. The Labute approximate surface area is 111 Å². The van der Waals surface area contributed by atoms with Gasteiger partial charge in [-0.25, -0.2) is 0 Å². The molecule has 0 heterocycles. The van der Waals surface area contributed by atoms with Gasteiger partial charge in [-0.15, -0.1) is 0 Å². The molecular formula is C15H28O3. The number of ether oxygens (including phenoxy) is 1. The number of ketones is 2. The van der Waals surface area contributed by atoms with E-state index in [0.29, 0.717) is 19.4 Å². The first kappa shape index (κ1) is 17.3. The second-order valence-corrected chi connectivity index (χ2v) is 6.60. The maximum absolute atomic E-state index is 11.7. The summed E-state index contributed by atoms with van der Waals surface area (Å²) < 4.78 is 5.76. The average molecular weight is 256 g/mol. The first-order chi connectivity index (χ1) is 7.98. The van der Waals surface area contributed by atoms with E-state index in [1.54, 1.807) is 6.92 Å². The highest BCUT2D eigenvalue weighted by Crippen LogP contribution is 2.24. The predicted octanol–water partition coefficient (Wildman–Crippen LogP) is 3.40. The molecule has 3 nitrogen and oxygen atoms in total. The molecule has 0 aromatic heterocycles. The second kappa shape index (κ2) is 6.46. The highest BCUT2D eigenvalue weighted by molar-refractivity contribution is 5.81. The number of carbonyl (C=O) groups excluding carboxylic acids is 2. The fourth-order valence-corrected chi connectivity index (χ4v) is 1.43. The predicted molar refractivity (Wildman–Crippen MR) is 73.6 cm³/mol. The summed E-state index contributed by atoms with van der Waals surface area (Å²) in [7, 11) is 0. The Morgan fingerprint density at radius 3 is 2.00 bits per heavy atom. The van der Waals surface area contributed by atoms with Gasteiger partial charge in [-0.3, -0.25) is 9.59 Å². The van der Waals surface area contributed by atoms with E-state index >= 15 is 0 Å². The normalized spacial score (nSPS) is 12.9. The molecule has 0 aromatic carbocycles. The van der Waals surface area contributed by atoms with Gasteiger partial charge in [0.05, 0.1) is 5.60 Å². The van der Waals surface area contributed by atoms with Gasteiger partial charge in [-0.05, 0) is 27.2 Å². The highest BCUT2D eigenvalue weighted by Gasteiger charge is 2.27. The van der Waals surface area contributed by atoms with E-state index in [1.165, 1.54) is 0 Å². The van der Waals surface area contributed by atoms with Gasteiger partial charge in [-0.1, -0.05) is 27.7 Å². The van der Waals surface area contributed by atoms with Crippen LogP contribution in [-0.2, 0) is 14.3 Å². The summed E-state index contributed by atoms with van der Waals surface area (Å²) in [5.74, 6) is 0.425. The third-order valence-electron chi connectivity index (χ3n) is 3.42. The van der Waals surface area contributed by atoms with Gasteiger partial charge in [-0.2, -0.15) is 0 Å². The Morgan fingerprint density at radius 2 is 1.61 bits per heavy atom. The van der Waals surface area contributed by atoms with Crippen LogP contribution < -0.4 is 0 Å². The van der Waals surface area contributed by atoms with Crippen molar-refractivity contribution in [3.8, 4) is 0 Å². The summed E-state index contributed by atoms with van der Waals surface area (Å²) in [4.78, 5) is 23.1. The molecule has 0 aromatic rings. The van der Waals surface area contributed by atoms with Crippen LogP contribution in [0.3, 0.4) is 0 Å². The van der Waals surface area contributed by atoms with E-state index < -0.39 is 5.60 Å². The summed E-state index contributed by atoms with van der Waals surface area (Å²) >= 11 is 0. The standard InChI is InChI=1S/C15H28O3/c1-11(2)13(17)10-15(6,7)18-9-8-14(4,5)12(3)16/h11H,8-10H2,1-7H3. The maximum Gasteiger partial charge on any atom is 0.138 e. The third kappa shape index (κ3) is 6.29. The summed E-state index contributed by atoms with van der Waals surface area (Å²) in [6.45, 7) is 13.6. The van der Waals surface area contributed by atoms with E-state index in [1.807, 2.05) is 41.5 Å². The van der Waals surface area contributed by atoms with Crippen molar-refractivity contribution in [2.45, 2.75) is 66.9 Å². The van der Waals surface area contributed by atoms with Crippen molar-refractivity contribution < 1.29 is 14.3 Å². The molecule has 3 heteroatoms.